The lowest BCUT2D eigenvalue weighted by Crippen LogP contribution is -2.14. The number of aryl methyl sites for hydroxylation is 1. The Kier molecular flexibility index (Phi) is 4.53. The van der Waals surface area contributed by atoms with Gasteiger partial charge in [-0.1, -0.05) is 19.9 Å². The molecular weight excluding hydrogens is 308 g/mol. The fourth-order valence-electron chi connectivity index (χ4n) is 1.84. The van der Waals surface area contributed by atoms with E-state index in [1.54, 1.807) is 23.6 Å². The second-order valence-electron chi connectivity index (χ2n) is 4.96. The Morgan fingerprint density at radius 3 is 2.57 bits per heavy atom. The van der Waals surface area contributed by atoms with Crippen molar-refractivity contribution in [1.29, 1.82) is 0 Å². The monoisotopic (exact) mass is 326 g/mol. The van der Waals surface area contributed by atoms with Crippen molar-refractivity contribution in [1.82, 2.24) is 4.98 Å². The maximum Gasteiger partial charge on any atom is 0.267 e. The molecule has 0 saturated carbocycles. The number of hydrogen-bond donors (Lipinski definition) is 1. The molecule has 114 valence electrons. The van der Waals surface area contributed by atoms with Gasteiger partial charge in [-0.2, -0.15) is 0 Å². The summed E-state index contributed by atoms with van der Waals surface area (Å²) in [5.41, 5.74) is 1.80. The molecule has 0 amide bonds. The molecule has 0 bridgehead atoms. The Bertz CT molecular complexity index is 736. The number of rotatable bonds is 5. The fourth-order valence-corrected chi connectivity index (χ4v) is 3.93. The van der Waals surface area contributed by atoms with Gasteiger partial charge < -0.3 is 4.74 Å². The molecule has 0 spiro atoms. The SMILES string of the molecule is COc1cc(C(C)C)ccc1S(=O)(=O)Nc1nc(C)cs1. The molecule has 1 N–H and O–H groups in total. The molecule has 1 aromatic heterocycles. The summed E-state index contributed by atoms with van der Waals surface area (Å²) in [6.07, 6.45) is 0. The van der Waals surface area contributed by atoms with E-state index in [1.165, 1.54) is 18.4 Å². The number of hydrogen-bond acceptors (Lipinski definition) is 5. The minimum absolute atomic E-state index is 0.113. The van der Waals surface area contributed by atoms with Crippen LogP contribution in [0.15, 0.2) is 28.5 Å². The van der Waals surface area contributed by atoms with Gasteiger partial charge in [0.05, 0.1) is 12.8 Å². The molecule has 0 aliphatic rings. The van der Waals surface area contributed by atoms with Crippen LogP contribution < -0.4 is 9.46 Å². The molecule has 2 rings (SSSR count). The molecular formula is C14H18N2O3S2. The van der Waals surface area contributed by atoms with Gasteiger partial charge in [0, 0.05) is 5.38 Å². The molecule has 2 aromatic rings. The summed E-state index contributed by atoms with van der Waals surface area (Å²) in [6.45, 7) is 5.89. The summed E-state index contributed by atoms with van der Waals surface area (Å²) < 4.78 is 32.6. The lowest BCUT2D eigenvalue weighted by molar-refractivity contribution is 0.402. The standard InChI is InChI=1S/C14H18N2O3S2/c1-9(2)11-5-6-13(12(7-11)19-4)21(17,18)16-14-15-10(3)8-20-14/h5-9H,1-4H3,(H,15,16). The molecule has 1 aromatic carbocycles. The van der Waals surface area contributed by atoms with E-state index >= 15 is 0 Å². The van der Waals surface area contributed by atoms with Gasteiger partial charge >= 0.3 is 0 Å². The molecule has 0 aliphatic carbocycles. The number of sulfonamides is 1. The lowest BCUT2D eigenvalue weighted by atomic mass is 10.0. The topological polar surface area (TPSA) is 68.3 Å². The van der Waals surface area contributed by atoms with Crippen LogP contribution in [0.25, 0.3) is 0 Å². The number of ether oxygens (including phenoxy) is 1. The van der Waals surface area contributed by atoms with E-state index in [0.717, 1.165) is 11.3 Å². The van der Waals surface area contributed by atoms with E-state index in [1.807, 2.05) is 20.8 Å². The van der Waals surface area contributed by atoms with Crippen LogP contribution in [-0.4, -0.2) is 20.5 Å². The van der Waals surface area contributed by atoms with E-state index in [0.29, 0.717) is 16.8 Å². The van der Waals surface area contributed by atoms with Crippen molar-refractivity contribution in [2.24, 2.45) is 0 Å². The second-order valence-corrected chi connectivity index (χ2v) is 7.47. The number of nitrogens with zero attached hydrogens (tertiary/aromatic N) is 1. The van der Waals surface area contributed by atoms with Crippen LogP contribution in [0.4, 0.5) is 5.13 Å². The third-order valence-electron chi connectivity index (χ3n) is 2.98. The van der Waals surface area contributed by atoms with Crippen LogP contribution in [-0.2, 0) is 10.0 Å². The third-order valence-corrected chi connectivity index (χ3v) is 5.37. The zero-order valence-electron chi connectivity index (χ0n) is 12.4. The van der Waals surface area contributed by atoms with Crippen LogP contribution in [0.1, 0.15) is 31.0 Å². The smallest absolute Gasteiger partial charge is 0.267 e. The predicted octanol–water partition coefficient (Wildman–Crippen LogP) is 3.38. The number of nitrogens with one attached hydrogen (secondary N) is 1. The molecule has 0 atom stereocenters. The minimum atomic E-state index is -3.71. The fraction of sp³-hybridized carbons (Fsp3) is 0.357. The van der Waals surface area contributed by atoms with Crippen LogP contribution in [0.5, 0.6) is 5.75 Å². The van der Waals surface area contributed by atoms with Gasteiger partial charge in [0.2, 0.25) is 0 Å². The summed E-state index contributed by atoms with van der Waals surface area (Å²) in [6, 6.07) is 5.12. The summed E-state index contributed by atoms with van der Waals surface area (Å²) in [4.78, 5) is 4.22. The average Bonchev–Trinajstić information content (AvgIpc) is 2.82. The largest absolute Gasteiger partial charge is 0.495 e. The van der Waals surface area contributed by atoms with E-state index in [-0.39, 0.29) is 4.90 Å². The molecule has 7 heteroatoms. The van der Waals surface area contributed by atoms with E-state index in [4.69, 9.17) is 4.74 Å². The highest BCUT2D eigenvalue weighted by molar-refractivity contribution is 7.93. The first kappa shape index (κ1) is 15.8. The highest BCUT2D eigenvalue weighted by Gasteiger charge is 2.21. The van der Waals surface area contributed by atoms with Crippen molar-refractivity contribution in [3.05, 3.63) is 34.8 Å². The first-order valence-electron chi connectivity index (χ1n) is 6.46. The van der Waals surface area contributed by atoms with Crippen molar-refractivity contribution in [2.45, 2.75) is 31.6 Å². The zero-order chi connectivity index (χ0) is 15.6. The van der Waals surface area contributed by atoms with Crippen LogP contribution >= 0.6 is 11.3 Å². The minimum Gasteiger partial charge on any atom is -0.495 e. The second kappa shape index (κ2) is 6.03. The Morgan fingerprint density at radius 2 is 2.05 bits per heavy atom. The van der Waals surface area contributed by atoms with Crippen molar-refractivity contribution >= 4 is 26.5 Å². The number of aromatic nitrogens is 1. The van der Waals surface area contributed by atoms with Gasteiger partial charge in [-0.05, 0) is 30.5 Å². The maximum absolute atomic E-state index is 12.4. The van der Waals surface area contributed by atoms with Gasteiger partial charge in [0.1, 0.15) is 10.6 Å². The average molecular weight is 326 g/mol. The van der Waals surface area contributed by atoms with Crippen LogP contribution in [0.2, 0.25) is 0 Å². The van der Waals surface area contributed by atoms with E-state index in [9.17, 15) is 8.42 Å². The molecule has 5 nitrogen and oxygen atoms in total. The summed E-state index contributed by atoms with van der Waals surface area (Å²) in [5.74, 6) is 0.632. The normalized spacial score (nSPS) is 11.7. The summed E-state index contributed by atoms with van der Waals surface area (Å²) >= 11 is 1.25. The quantitative estimate of drug-likeness (QED) is 0.914. The van der Waals surface area contributed by atoms with Gasteiger partial charge in [-0.3, -0.25) is 4.72 Å². The van der Waals surface area contributed by atoms with Crippen molar-refractivity contribution in [3.63, 3.8) is 0 Å². The molecule has 1 heterocycles. The first-order chi connectivity index (χ1) is 9.83. The molecule has 0 radical (unpaired) electrons. The predicted molar refractivity (Wildman–Crippen MR) is 84.7 cm³/mol. The van der Waals surface area contributed by atoms with Crippen molar-refractivity contribution in [3.8, 4) is 5.75 Å². The summed E-state index contributed by atoms with van der Waals surface area (Å²) in [5, 5.41) is 2.14. The molecule has 0 fully saturated rings. The highest BCUT2D eigenvalue weighted by Crippen LogP contribution is 2.30. The van der Waals surface area contributed by atoms with Gasteiger partial charge in [-0.15, -0.1) is 11.3 Å². The Morgan fingerprint density at radius 1 is 1.33 bits per heavy atom. The maximum atomic E-state index is 12.4. The zero-order valence-corrected chi connectivity index (χ0v) is 14.0. The lowest BCUT2D eigenvalue weighted by Gasteiger charge is -2.13. The molecule has 0 aliphatic heterocycles. The Balaban J connectivity index is 2.39. The number of thiazole rings is 1. The third kappa shape index (κ3) is 3.54. The number of benzene rings is 1. The van der Waals surface area contributed by atoms with Crippen molar-refractivity contribution < 1.29 is 13.2 Å². The molecule has 21 heavy (non-hydrogen) atoms. The Hall–Kier alpha value is -1.60. The van der Waals surface area contributed by atoms with Crippen LogP contribution in [0, 0.1) is 6.92 Å². The van der Waals surface area contributed by atoms with Gasteiger partial charge in [0.15, 0.2) is 5.13 Å². The van der Waals surface area contributed by atoms with Gasteiger partial charge in [-0.25, -0.2) is 13.4 Å². The highest BCUT2D eigenvalue weighted by atomic mass is 32.2. The Labute approximate surface area is 129 Å². The molecule has 0 saturated heterocycles. The first-order valence-corrected chi connectivity index (χ1v) is 8.82. The summed E-state index contributed by atoms with van der Waals surface area (Å²) in [7, 11) is -2.25. The number of anilines is 1. The molecule has 0 unspecified atom stereocenters. The van der Waals surface area contributed by atoms with Crippen LogP contribution in [0.3, 0.4) is 0 Å². The van der Waals surface area contributed by atoms with Crippen molar-refractivity contribution in [2.75, 3.05) is 11.8 Å². The van der Waals surface area contributed by atoms with E-state index in [2.05, 4.69) is 9.71 Å². The number of methoxy groups -OCH3 is 1. The van der Waals surface area contributed by atoms with Gasteiger partial charge in [0.25, 0.3) is 10.0 Å². The van der Waals surface area contributed by atoms with E-state index < -0.39 is 10.0 Å².